The second kappa shape index (κ2) is 8.86. The van der Waals surface area contributed by atoms with E-state index in [1.165, 1.54) is 6.07 Å². The van der Waals surface area contributed by atoms with Crippen molar-refractivity contribution in [2.75, 3.05) is 15.5 Å². The lowest BCUT2D eigenvalue weighted by Gasteiger charge is -2.16. The van der Waals surface area contributed by atoms with Crippen LogP contribution in [0.3, 0.4) is 0 Å². The fourth-order valence-corrected chi connectivity index (χ4v) is 3.56. The number of halogens is 2. The van der Waals surface area contributed by atoms with E-state index in [2.05, 4.69) is 10.6 Å². The number of nitrogens with one attached hydrogen (secondary N) is 2. The first-order valence-corrected chi connectivity index (χ1v) is 10.4. The Labute approximate surface area is 194 Å². The summed E-state index contributed by atoms with van der Waals surface area (Å²) in [6.07, 6.45) is 0. The van der Waals surface area contributed by atoms with Gasteiger partial charge in [-0.3, -0.25) is 14.4 Å². The lowest BCUT2D eigenvalue weighted by molar-refractivity contribution is -0.120. The molecule has 6 nitrogen and oxygen atoms in total. The maximum Gasteiger partial charge on any atom is 0.283 e. The van der Waals surface area contributed by atoms with Crippen LogP contribution in [0.25, 0.3) is 0 Å². The Balaban J connectivity index is 1.55. The number of nitrogens with zero attached hydrogens (tertiary/aromatic N) is 1. The summed E-state index contributed by atoms with van der Waals surface area (Å²) < 4.78 is 0. The summed E-state index contributed by atoms with van der Waals surface area (Å²) in [5.41, 5.74) is 2.52. The third-order valence-corrected chi connectivity index (χ3v) is 5.62. The maximum atomic E-state index is 13.0. The Hall–Kier alpha value is -3.61. The molecule has 160 valence electrons. The predicted molar refractivity (Wildman–Crippen MR) is 126 cm³/mol. The van der Waals surface area contributed by atoms with E-state index in [0.717, 1.165) is 10.5 Å². The number of carbonyl (C=O) groups is 3. The van der Waals surface area contributed by atoms with E-state index >= 15 is 0 Å². The highest BCUT2D eigenvalue weighted by Gasteiger charge is 2.39. The normalized spacial score (nSPS) is 13.5. The molecule has 0 spiro atoms. The molecule has 0 radical (unpaired) electrons. The van der Waals surface area contributed by atoms with E-state index in [1.807, 2.05) is 25.1 Å². The zero-order chi connectivity index (χ0) is 22.8. The molecule has 3 aromatic rings. The maximum absolute atomic E-state index is 13.0. The van der Waals surface area contributed by atoms with E-state index in [9.17, 15) is 14.4 Å². The van der Waals surface area contributed by atoms with E-state index in [-0.39, 0.29) is 16.6 Å². The van der Waals surface area contributed by atoms with Gasteiger partial charge >= 0.3 is 0 Å². The molecule has 1 heterocycles. The van der Waals surface area contributed by atoms with Gasteiger partial charge in [0.1, 0.15) is 10.7 Å². The molecule has 0 atom stereocenters. The lowest BCUT2D eigenvalue weighted by Crippen LogP contribution is -2.32. The van der Waals surface area contributed by atoms with E-state index in [4.69, 9.17) is 23.2 Å². The summed E-state index contributed by atoms with van der Waals surface area (Å²) in [6.45, 7) is 1.82. The van der Waals surface area contributed by atoms with Crippen LogP contribution in [0, 0.1) is 6.92 Å². The highest BCUT2D eigenvalue weighted by atomic mass is 35.5. The van der Waals surface area contributed by atoms with Crippen LogP contribution in [0.5, 0.6) is 0 Å². The van der Waals surface area contributed by atoms with Crippen molar-refractivity contribution in [3.63, 3.8) is 0 Å². The van der Waals surface area contributed by atoms with Gasteiger partial charge in [-0.15, -0.1) is 0 Å². The zero-order valence-corrected chi connectivity index (χ0v) is 18.4. The molecule has 3 aromatic carbocycles. The van der Waals surface area contributed by atoms with Gasteiger partial charge in [0.05, 0.1) is 5.69 Å². The standard InChI is InChI=1S/C24H17Cl2N3O3/c1-14-10-11-18(13-19(14)25)29-23(31)20(26)21(24(29)32)27-17-9-5-6-15(12-17)22(30)28-16-7-3-2-4-8-16/h2-13,27H,1H3,(H,28,30). The first-order chi connectivity index (χ1) is 15.3. The Morgan fingerprint density at radius 2 is 1.56 bits per heavy atom. The van der Waals surface area contributed by atoms with Crippen molar-refractivity contribution >= 4 is 58.0 Å². The van der Waals surface area contributed by atoms with Crippen LogP contribution in [-0.2, 0) is 9.59 Å². The van der Waals surface area contributed by atoms with Gasteiger partial charge in [0.2, 0.25) is 0 Å². The topological polar surface area (TPSA) is 78.5 Å². The Kier molecular flexibility index (Phi) is 5.99. The number of amides is 3. The van der Waals surface area contributed by atoms with Crippen molar-refractivity contribution in [2.24, 2.45) is 0 Å². The molecular weight excluding hydrogens is 449 g/mol. The molecule has 0 fully saturated rings. The number of carbonyl (C=O) groups excluding carboxylic acids is 3. The molecule has 4 rings (SSSR count). The second-order valence-electron chi connectivity index (χ2n) is 7.09. The number of anilines is 3. The molecule has 0 aromatic heterocycles. The molecule has 8 heteroatoms. The molecular formula is C24H17Cl2N3O3. The number of imide groups is 1. The zero-order valence-electron chi connectivity index (χ0n) is 16.9. The molecule has 2 N–H and O–H groups in total. The fourth-order valence-electron chi connectivity index (χ4n) is 3.17. The van der Waals surface area contributed by atoms with Gasteiger partial charge in [-0.2, -0.15) is 0 Å². The number of hydrogen-bond acceptors (Lipinski definition) is 4. The lowest BCUT2D eigenvalue weighted by atomic mass is 10.1. The molecule has 0 aliphatic carbocycles. The smallest absolute Gasteiger partial charge is 0.283 e. The minimum atomic E-state index is -0.655. The monoisotopic (exact) mass is 465 g/mol. The summed E-state index contributed by atoms with van der Waals surface area (Å²) in [5, 5.41) is 5.86. The van der Waals surface area contributed by atoms with Gasteiger partial charge < -0.3 is 10.6 Å². The van der Waals surface area contributed by atoms with Crippen molar-refractivity contribution in [3.8, 4) is 0 Å². The summed E-state index contributed by atoms with van der Waals surface area (Å²) in [4.78, 5) is 39.1. The van der Waals surface area contributed by atoms with Gasteiger partial charge in [0, 0.05) is 22.0 Å². The molecule has 1 aliphatic heterocycles. The quantitative estimate of drug-likeness (QED) is 0.498. The van der Waals surface area contributed by atoms with Gasteiger partial charge in [0.15, 0.2) is 0 Å². The average Bonchev–Trinajstić information content (AvgIpc) is 3.00. The van der Waals surface area contributed by atoms with Crippen molar-refractivity contribution in [3.05, 3.63) is 99.7 Å². The van der Waals surface area contributed by atoms with Gasteiger partial charge in [0.25, 0.3) is 17.7 Å². The van der Waals surface area contributed by atoms with E-state index in [1.54, 1.807) is 48.5 Å². The van der Waals surface area contributed by atoms with Crippen LogP contribution < -0.4 is 15.5 Å². The Bertz CT molecular complexity index is 1270. The van der Waals surface area contributed by atoms with Crippen molar-refractivity contribution in [1.82, 2.24) is 0 Å². The number of aryl methyl sites for hydroxylation is 1. The largest absolute Gasteiger partial charge is 0.350 e. The van der Waals surface area contributed by atoms with Crippen LogP contribution in [0.15, 0.2) is 83.5 Å². The van der Waals surface area contributed by atoms with Crippen LogP contribution in [-0.4, -0.2) is 17.7 Å². The third-order valence-electron chi connectivity index (χ3n) is 4.87. The highest BCUT2D eigenvalue weighted by Crippen LogP contribution is 2.32. The van der Waals surface area contributed by atoms with Crippen molar-refractivity contribution < 1.29 is 14.4 Å². The Morgan fingerprint density at radius 3 is 2.28 bits per heavy atom. The number of para-hydroxylation sites is 1. The molecule has 0 saturated carbocycles. The summed E-state index contributed by atoms with van der Waals surface area (Å²) >= 11 is 12.3. The molecule has 0 unspecified atom stereocenters. The molecule has 3 amide bonds. The summed E-state index contributed by atoms with van der Waals surface area (Å²) in [7, 11) is 0. The van der Waals surface area contributed by atoms with Crippen LogP contribution in [0.1, 0.15) is 15.9 Å². The van der Waals surface area contributed by atoms with Crippen LogP contribution in [0.2, 0.25) is 5.02 Å². The van der Waals surface area contributed by atoms with Gasteiger partial charge in [-0.05, 0) is 55.0 Å². The Morgan fingerprint density at radius 1 is 0.844 bits per heavy atom. The fraction of sp³-hybridized carbons (Fsp3) is 0.0417. The number of benzene rings is 3. The third kappa shape index (κ3) is 4.23. The molecule has 32 heavy (non-hydrogen) atoms. The van der Waals surface area contributed by atoms with Gasteiger partial charge in [-0.1, -0.05) is 53.5 Å². The van der Waals surface area contributed by atoms with Crippen molar-refractivity contribution in [1.29, 1.82) is 0 Å². The molecule has 1 aliphatic rings. The predicted octanol–water partition coefficient (Wildman–Crippen LogP) is 5.34. The summed E-state index contributed by atoms with van der Waals surface area (Å²) in [5.74, 6) is -1.58. The van der Waals surface area contributed by atoms with Crippen LogP contribution in [0.4, 0.5) is 17.1 Å². The van der Waals surface area contributed by atoms with Gasteiger partial charge in [-0.25, -0.2) is 4.90 Å². The molecule has 0 bridgehead atoms. The average molecular weight is 466 g/mol. The summed E-state index contributed by atoms with van der Waals surface area (Å²) in [6, 6.07) is 20.5. The first-order valence-electron chi connectivity index (χ1n) is 9.63. The minimum Gasteiger partial charge on any atom is -0.350 e. The highest BCUT2D eigenvalue weighted by molar-refractivity contribution is 6.53. The molecule has 0 saturated heterocycles. The SMILES string of the molecule is Cc1ccc(N2C(=O)C(Cl)=C(Nc3cccc(C(=O)Nc4ccccc4)c3)C2=O)cc1Cl. The van der Waals surface area contributed by atoms with Crippen LogP contribution >= 0.6 is 23.2 Å². The van der Waals surface area contributed by atoms with E-state index in [0.29, 0.717) is 27.6 Å². The number of hydrogen-bond donors (Lipinski definition) is 2. The minimum absolute atomic E-state index is 0.0750. The second-order valence-corrected chi connectivity index (χ2v) is 7.88. The van der Waals surface area contributed by atoms with Crippen molar-refractivity contribution in [2.45, 2.75) is 6.92 Å². The first kappa shape index (κ1) is 21.6. The van der Waals surface area contributed by atoms with E-state index < -0.39 is 11.8 Å². The number of rotatable bonds is 5.